The molecule has 16 heteroatoms. The normalized spacial score (nSPS) is 11.4. The van der Waals surface area contributed by atoms with Crippen molar-refractivity contribution >= 4 is 35.9 Å². The van der Waals surface area contributed by atoms with Crippen molar-refractivity contribution < 1.29 is 65.6 Å². The first-order valence-corrected chi connectivity index (χ1v) is 35.9. The maximum Gasteiger partial charge on any atom is 0.471 e. The Morgan fingerprint density at radius 3 is 0.655 bits per heavy atom. The van der Waals surface area contributed by atoms with Crippen LogP contribution >= 0.6 is 0 Å². The molecule has 0 atom stereocenters. The number of halogens is 3. The highest BCUT2D eigenvalue weighted by atomic mass is 19.4. The molecular weight excluding hydrogens is 1110 g/mol. The van der Waals surface area contributed by atoms with E-state index >= 15 is 0 Å². The van der Waals surface area contributed by atoms with E-state index in [-0.39, 0.29) is 64.3 Å². The van der Waals surface area contributed by atoms with E-state index in [1.54, 1.807) is 0 Å². The Hall–Kier alpha value is -3.59. The number of esters is 4. The van der Waals surface area contributed by atoms with Crippen LogP contribution in [0.4, 0.5) is 18.0 Å². The van der Waals surface area contributed by atoms with Gasteiger partial charge in [0, 0.05) is 25.7 Å². The molecule has 2 amide bonds. The summed E-state index contributed by atoms with van der Waals surface area (Å²) in [6.07, 6.45) is 48.2. The van der Waals surface area contributed by atoms with E-state index in [2.05, 4.69) is 27.7 Å². The molecule has 0 aliphatic rings. The van der Waals surface area contributed by atoms with Crippen LogP contribution in [-0.2, 0) is 47.7 Å². The number of unbranched alkanes of at least 4 members (excludes halogenated alkanes) is 40. The Bertz CT molecular complexity index is 1520. The Labute approximate surface area is 530 Å². The zero-order valence-electron chi connectivity index (χ0n) is 57.1. The third-order valence-corrected chi connectivity index (χ3v) is 15.6. The maximum atomic E-state index is 13.0. The Morgan fingerprint density at radius 1 is 0.287 bits per heavy atom. The molecule has 514 valence electrons. The van der Waals surface area contributed by atoms with Crippen LogP contribution < -0.4 is 0 Å². The molecule has 13 nitrogen and oxygen atoms in total. The lowest BCUT2D eigenvalue weighted by Crippen LogP contribution is -2.44. The SMILES string of the molecule is CCCCCCCCCCCCCC(=O)OCCN(CCOC(=O)CCCCCCCCCCCCC)C(=O)C(F)(F)F.CCCCCCCCCCCCCC(=O)OCCN(CCOC(=O)CCCCCCCCCCCCC)C(=O)OC(C)(C)C. The largest absolute Gasteiger partial charge is 0.471 e. The summed E-state index contributed by atoms with van der Waals surface area (Å²) < 4.78 is 65.6. The molecule has 0 aromatic rings. The van der Waals surface area contributed by atoms with Crippen LogP contribution in [0.5, 0.6) is 0 Å². The predicted octanol–water partition coefficient (Wildman–Crippen LogP) is 20.6. The van der Waals surface area contributed by atoms with E-state index in [0.717, 1.165) is 77.0 Å². The zero-order valence-corrected chi connectivity index (χ0v) is 57.1. The van der Waals surface area contributed by atoms with Crippen molar-refractivity contribution in [1.29, 1.82) is 0 Å². The monoisotopic (exact) mass is 1250 g/mol. The van der Waals surface area contributed by atoms with Gasteiger partial charge in [0.1, 0.15) is 32.0 Å². The fourth-order valence-electron chi connectivity index (χ4n) is 10.2. The zero-order chi connectivity index (χ0) is 64.8. The van der Waals surface area contributed by atoms with Gasteiger partial charge in [0.2, 0.25) is 0 Å². The smallest absolute Gasteiger partial charge is 0.464 e. The van der Waals surface area contributed by atoms with E-state index in [1.807, 2.05) is 20.8 Å². The lowest BCUT2D eigenvalue weighted by atomic mass is 10.1. The Kier molecular flexibility index (Phi) is 61.5. The third kappa shape index (κ3) is 63.8. The second kappa shape index (κ2) is 62.6. The fourth-order valence-corrected chi connectivity index (χ4v) is 10.2. The first-order valence-electron chi connectivity index (χ1n) is 35.9. The van der Waals surface area contributed by atoms with Gasteiger partial charge in [0.25, 0.3) is 0 Å². The molecule has 0 spiro atoms. The number of nitrogens with zero attached hydrogens (tertiary/aromatic N) is 2. The van der Waals surface area contributed by atoms with Crippen molar-refractivity contribution in [3.05, 3.63) is 0 Å². The van der Waals surface area contributed by atoms with Crippen LogP contribution in [0.1, 0.15) is 357 Å². The minimum atomic E-state index is -5.06. The molecule has 0 heterocycles. The molecule has 0 aromatic heterocycles. The third-order valence-electron chi connectivity index (χ3n) is 15.6. The quantitative estimate of drug-likeness (QED) is 0.0325. The molecule has 0 saturated carbocycles. The van der Waals surface area contributed by atoms with E-state index in [0.29, 0.717) is 30.6 Å². The number of hydrogen-bond acceptors (Lipinski definition) is 11. The summed E-state index contributed by atoms with van der Waals surface area (Å²) in [5.74, 6) is -3.45. The van der Waals surface area contributed by atoms with Gasteiger partial charge < -0.3 is 33.5 Å². The first-order chi connectivity index (χ1) is 41.9. The van der Waals surface area contributed by atoms with Gasteiger partial charge in [0.15, 0.2) is 0 Å². The minimum Gasteiger partial charge on any atom is -0.464 e. The van der Waals surface area contributed by atoms with Gasteiger partial charge in [0.05, 0.1) is 26.2 Å². The van der Waals surface area contributed by atoms with Crippen molar-refractivity contribution in [3.63, 3.8) is 0 Å². The van der Waals surface area contributed by atoms with Crippen LogP contribution in [0.2, 0.25) is 0 Å². The summed E-state index contributed by atoms with van der Waals surface area (Å²) in [5.41, 5.74) is -0.646. The molecule has 0 rings (SSSR count). The van der Waals surface area contributed by atoms with Crippen molar-refractivity contribution in [3.8, 4) is 0 Å². The van der Waals surface area contributed by atoms with Gasteiger partial charge in [-0.15, -0.1) is 0 Å². The minimum absolute atomic E-state index is 0.1000. The highest BCUT2D eigenvalue weighted by Crippen LogP contribution is 2.20. The lowest BCUT2D eigenvalue weighted by molar-refractivity contribution is -0.187. The maximum absolute atomic E-state index is 13.0. The standard InChI is InChI=1S/C37H71NO6.C34H62F3NO5/c1-6-8-10-12-14-16-18-20-22-24-26-28-34(39)42-32-30-38(36(41)44-37(3,4)5)31-33-43-35(40)29-27-25-23-21-19-17-15-13-11-9-7-2;1-3-5-7-9-11-13-15-17-19-21-23-25-31(39)42-29-27-38(33(41)34(35,36)37)28-30-43-32(40)26-24-22-20-18-16-14-12-10-8-6-4-2/h6-33H2,1-5H3;3-30H2,1-2H3. The van der Waals surface area contributed by atoms with Crippen LogP contribution in [-0.4, -0.2) is 110 Å². The van der Waals surface area contributed by atoms with E-state index in [9.17, 15) is 41.9 Å². The van der Waals surface area contributed by atoms with Crippen molar-refractivity contribution in [2.75, 3.05) is 52.6 Å². The highest BCUT2D eigenvalue weighted by Gasteiger charge is 2.42. The van der Waals surface area contributed by atoms with Gasteiger partial charge in [-0.3, -0.25) is 24.0 Å². The first kappa shape index (κ1) is 85.5. The lowest BCUT2D eigenvalue weighted by Gasteiger charge is -2.27. The Morgan fingerprint density at radius 2 is 0.471 bits per heavy atom. The average Bonchev–Trinajstić information content (AvgIpc) is 3.57. The number of amides is 2. The van der Waals surface area contributed by atoms with Crippen molar-refractivity contribution in [2.45, 2.75) is 368 Å². The van der Waals surface area contributed by atoms with E-state index < -0.39 is 48.8 Å². The van der Waals surface area contributed by atoms with Gasteiger partial charge in [-0.2, -0.15) is 13.2 Å². The Balaban J connectivity index is 0. The second-order valence-electron chi connectivity index (χ2n) is 25.3. The molecule has 0 aromatic carbocycles. The van der Waals surface area contributed by atoms with Gasteiger partial charge >= 0.3 is 42.1 Å². The van der Waals surface area contributed by atoms with Crippen LogP contribution in [0.15, 0.2) is 0 Å². The summed E-state index contributed by atoms with van der Waals surface area (Å²) in [7, 11) is 0. The number of ether oxygens (including phenoxy) is 5. The molecule has 0 aliphatic carbocycles. The van der Waals surface area contributed by atoms with Gasteiger partial charge in [-0.25, -0.2) is 4.79 Å². The molecular formula is C71H133F3N2O11. The number of alkyl halides is 3. The van der Waals surface area contributed by atoms with Crippen molar-refractivity contribution in [2.24, 2.45) is 0 Å². The summed E-state index contributed by atoms with van der Waals surface area (Å²) in [5, 5.41) is 0. The summed E-state index contributed by atoms with van der Waals surface area (Å²) in [4.78, 5) is 74.9. The van der Waals surface area contributed by atoms with Crippen LogP contribution in [0, 0.1) is 0 Å². The topological polar surface area (TPSA) is 155 Å². The van der Waals surface area contributed by atoms with E-state index in [4.69, 9.17) is 23.7 Å². The average molecular weight is 1250 g/mol. The second-order valence-corrected chi connectivity index (χ2v) is 25.3. The number of hydrogen-bond donors (Lipinski definition) is 0. The predicted molar refractivity (Wildman–Crippen MR) is 349 cm³/mol. The molecule has 0 aliphatic heterocycles. The van der Waals surface area contributed by atoms with Crippen LogP contribution in [0.3, 0.4) is 0 Å². The van der Waals surface area contributed by atoms with Gasteiger partial charge in [-0.05, 0) is 46.5 Å². The molecule has 0 bridgehead atoms. The van der Waals surface area contributed by atoms with Crippen molar-refractivity contribution in [1.82, 2.24) is 9.80 Å². The number of carbonyl (C=O) groups is 6. The fraction of sp³-hybridized carbons (Fsp3) is 0.915. The summed E-state index contributed by atoms with van der Waals surface area (Å²) in [6, 6.07) is 0. The number of rotatable bonds is 60. The summed E-state index contributed by atoms with van der Waals surface area (Å²) in [6.45, 7) is 13.5. The van der Waals surface area contributed by atoms with E-state index in [1.165, 1.54) is 198 Å². The van der Waals surface area contributed by atoms with Gasteiger partial charge in [-0.1, -0.05) is 285 Å². The van der Waals surface area contributed by atoms with Crippen LogP contribution in [0.25, 0.3) is 0 Å². The molecule has 87 heavy (non-hydrogen) atoms. The summed E-state index contributed by atoms with van der Waals surface area (Å²) >= 11 is 0. The highest BCUT2D eigenvalue weighted by molar-refractivity contribution is 5.82. The molecule has 0 fully saturated rings. The molecule has 0 unspecified atom stereocenters. The molecule has 0 radical (unpaired) electrons. The molecule has 0 saturated heterocycles. The number of carbonyl (C=O) groups excluding carboxylic acids is 6. The molecule has 0 N–H and O–H groups in total.